The molecule has 4 atom stereocenters. The van der Waals surface area contributed by atoms with Crippen molar-refractivity contribution in [3.05, 3.63) is 58.6 Å². The molecule has 2 bridgehead atoms. The molecule has 2 aromatic carbocycles. The number of benzene rings is 2. The molecule has 1 spiro atoms. The zero-order valence-electron chi connectivity index (χ0n) is 13.7. The summed E-state index contributed by atoms with van der Waals surface area (Å²) in [5, 5.41) is 0.894. The van der Waals surface area contributed by atoms with Gasteiger partial charge in [-0.1, -0.05) is 61.7 Å². The Labute approximate surface area is 143 Å². The van der Waals surface area contributed by atoms with Crippen molar-refractivity contribution in [1.29, 1.82) is 0 Å². The number of rotatable bonds is 1. The summed E-state index contributed by atoms with van der Waals surface area (Å²) in [5.41, 5.74) is 6.24. The molecule has 0 nitrogen and oxygen atoms in total. The van der Waals surface area contributed by atoms with E-state index in [1.165, 1.54) is 48.8 Å². The van der Waals surface area contributed by atoms with Crippen LogP contribution in [0.25, 0.3) is 11.1 Å². The third-order valence-corrected chi connectivity index (χ3v) is 7.27. The van der Waals surface area contributed by atoms with E-state index in [1.807, 2.05) is 0 Å². The van der Waals surface area contributed by atoms with Crippen molar-refractivity contribution < 1.29 is 0 Å². The lowest BCUT2D eigenvalue weighted by molar-refractivity contribution is 0.144. The summed E-state index contributed by atoms with van der Waals surface area (Å²) in [6.45, 7) is 2.39. The molecule has 118 valence electrons. The zero-order chi connectivity index (χ0) is 15.6. The third-order valence-electron chi connectivity index (χ3n) is 7.03. The Morgan fingerprint density at radius 1 is 1.00 bits per heavy atom. The second-order valence-corrected chi connectivity index (χ2v) is 8.26. The van der Waals surface area contributed by atoms with Crippen LogP contribution in [0.1, 0.15) is 50.2 Å². The minimum absolute atomic E-state index is 0.221. The molecule has 1 unspecified atom stereocenters. The molecule has 0 radical (unpaired) electrons. The van der Waals surface area contributed by atoms with E-state index < -0.39 is 0 Å². The van der Waals surface area contributed by atoms with Gasteiger partial charge < -0.3 is 0 Å². The highest BCUT2D eigenvalue weighted by molar-refractivity contribution is 6.30. The monoisotopic (exact) mass is 322 g/mol. The van der Waals surface area contributed by atoms with Gasteiger partial charge in [-0.15, -0.1) is 0 Å². The summed E-state index contributed by atoms with van der Waals surface area (Å²) in [5.74, 6) is 2.52. The van der Waals surface area contributed by atoms with Crippen LogP contribution in [-0.2, 0) is 5.41 Å². The van der Waals surface area contributed by atoms with Gasteiger partial charge in [0.2, 0.25) is 0 Å². The maximum Gasteiger partial charge on any atom is 0.0409 e. The van der Waals surface area contributed by atoms with Crippen molar-refractivity contribution in [2.45, 2.75) is 44.4 Å². The van der Waals surface area contributed by atoms with Crippen LogP contribution >= 0.6 is 11.6 Å². The molecule has 23 heavy (non-hydrogen) atoms. The second kappa shape index (κ2) is 4.86. The summed E-state index contributed by atoms with van der Waals surface area (Å²) in [6.07, 6.45) is 6.90. The van der Waals surface area contributed by atoms with Crippen molar-refractivity contribution in [2.75, 3.05) is 0 Å². The smallest absolute Gasteiger partial charge is 0.0409 e. The van der Waals surface area contributed by atoms with Gasteiger partial charge in [0.05, 0.1) is 0 Å². The average molecular weight is 323 g/mol. The minimum atomic E-state index is 0.221. The van der Waals surface area contributed by atoms with Gasteiger partial charge in [-0.3, -0.25) is 0 Å². The summed E-state index contributed by atoms with van der Waals surface area (Å²) >= 11 is 6.46. The Kier molecular flexibility index (Phi) is 2.98. The van der Waals surface area contributed by atoms with Gasteiger partial charge in [0.1, 0.15) is 0 Å². The molecule has 0 aliphatic heterocycles. The highest BCUT2D eigenvalue weighted by atomic mass is 35.5. The van der Waals surface area contributed by atoms with Crippen LogP contribution in [0.4, 0.5) is 0 Å². The topological polar surface area (TPSA) is 0 Å². The Balaban J connectivity index is 1.86. The van der Waals surface area contributed by atoms with E-state index in [0.29, 0.717) is 0 Å². The molecule has 0 aromatic heterocycles. The van der Waals surface area contributed by atoms with Crippen LogP contribution in [-0.4, -0.2) is 0 Å². The van der Waals surface area contributed by atoms with Crippen molar-refractivity contribution in [3.8, 4) is 11.1 Å². The van der Waals surface area contributed by atoms with Gasteiger partial charge in [-0.05, 0) is 71.4 Å². The van der Waals surface area contributed by atoms with Gasteiger partial charge in [0, 0.05) is 10.4 Å². The van der Waals surface area contributed by atoms with E-state index >= 15 is 0 Å². The molecule has 0 saturated heterocycles. The number of halogens is 1. The predicted molar refractivity (Wildman–Crippen MR) is 96.9 cm³/mol. The Hall–Kier alpha value is -1.27. The molecule has 3 aliphatic rings. The maximum atomic E-state index is 6.46. The van der Waals surface area contributed by atoms with E-state index in [0.717, 1.165) is 22.8 Å². The zero-order valence-corrected chi connectivity index (χ0v) is 14.4. The molecule has 0 amide bonds. The van der Waals surface area contributed by atoms with Gasteiger partial charge in [-0.25, -0.2) is 0 Å². The van der Waals surface area contributed by atoms with Crippen LogP contribution in [0.2, 0.25) is 5.02 Å². The van der Waals surface area contributed by atoms with Crippen molar-refractivity contribution in [1.82, 2.24) is 0 Å². The largest absolute Gasteiger partial charge is 0.0843 e. The first-order chi connectivity index (χ1) is 11.2. The van der Waals surface area contributed by atoms with Crippen LogP contribution in [0.5, 0.6) is 0 Å². The fourth-order valence-corrected chi connectivity index (χ4v) is 6.48. The number of fused-ring (bicyclic) bond motifs is 8. The van der Waals surface area contributed by atoms with E-state index in [9.17, 15) is 0 Å². The van der Waals surface area contributed by atoms with E-state index in [1.54, 1.807) is 5.56 Å². The second-order valence-electron chi connectivity index (χ2n) is 7.82. The summed E-state index contributed by atoms with van der Waals surface area (Å²) in [6, 6.07) is 15.8. The molecular formula is C22H23Cl. The Bertz CT molecular complexity index is 777. The summed E-state index contributed by atoms with van der Waals surface area (Å²) in [7, 11) is 0. The highest BCUT2D eigenvalue weighted by Crippen LogP contribution is 2.65. The molecule has 0 heterocycles. The summed E-state index contributed by atoms with van der Waals surface area (Å²) in [4.78, 5) is 0. The average Bonchev–Trinajstić information content (AvgIpc) is 3.09. The van der Waals surface area contributed by atoms with E-state index in [-0.39, 0.29) is 5.41 Å². The molecule has 3 aliphatic carbocycles. The quantitative estimate of drug-likeness (QED) is 0.565. The Morgan fingerprint density at radius 3 is 2.70 bits per heavy atom. The fourth-order valence-electron chi connectivity index (χ4n) is 6.31. The molecule has 2 saturated carbocycles. The van der Waals surface area contributed by atoms with E-state index in [4.69, 9.17) is 11.6 Å². The van der Waals surface area contributed by atoms with Crippen molar-refractivity contribution in [3.63, 3.8) is 0 Å². The first-order valence-corrected chi connectivity index (χ1v) is 9.52. The lowest BCUT2D eigenvalue weighted by Gasteiger charge is -2.48. The SMILES string of the molecule is CC[C@@H]1C[C@@H]2CC[C@@H](C2)C12c1ccccc1-c1ccc(Cl)cc12. The molecule has 2 fully saturated rings. The highest BCUT2D eigenvalue weighted by Gasteiger charge is 2.57. The van der Waals surface area contributed by atoms with Crippen LogP contribution in [0, 0.1) is 17.8 Å². The molecule has 1 heteroatoms. The predicted octanol–water partition coefficient (Wildman–Crippen LogP) is 6.45. The molecule has 5 rings (SSSR count). The lowest BCUT2D eigenvalue weighted by Crippen LogP contribution is -2.44. The van der Waals surface area contributed by atoms with E-state index in [2.05, 4.69) is 49.4 Å². The van der Waals surface area contributed by atoms with Crippen LogP contribution < -0.4 is 0 Å². The number of hydrogen-bond acceptors (Lipinski definition) is 0. The van der Waals surface area contributed by atoms with Crippen molar-refractivity contribution in [2.24, 2.45) is 17.8 Å². The lowest BCUT2D eigenvalue weighted by atomic mass is 9.55. The van der Waals surface area contributed by atoms with Crippen LogP contribution in [0.3, 0.4) is 0 Å². The number of hydrogen-bond donors (Lipinski definition) is 0. The first-order valence-electron chi connectivity index (χ1n) is 9.15. The minimum Gasteiger partial charge on any atom is -0.0843 e. The maximum absolute atomic E-state index is 6.46. The standard InChI is InChI=1S/C22H23Cl/c1-2-15-11-14-7-8-16(12-14)22(15)20-6-4-3-5-18(20)19-10-9-17(23)13-21(19)22/h3-6,9-10,13-16H,2,7-8,11-12H2,1H3/t14-,15+,16-,22?/m0/s1. The van der Waals surface area contributed by atoms with Crippen LogP contribution in [0.15, 0.2) is 42.5 Å². The normalized spacial score (nSPS) is 33.7. The third kappa shape index (κ3) is 1.68. The van der Waals surface area contributed by atoms with Crippen molar-refractivity contribution >= 4 is 11.6 Å². The van der Waals surface area contributed by atoms with Gasteiger partial charge in [0.15, 0.2) is 0 Å². The molecule has 2 aromatic rings. The van der Waals surface area contributed by atoms with Gasteiger partial charge >= 0.3 is 0 Å². The molecular weight excluding hydrogens is 300 g/mol. The molecule has 0 N–H and O–H groups in total. The summed E-state index contributed by atoms with van der Waals surface area (Å²) < 4.78 is 0. The fraction of sp³-hybridized carbons (Fsp3) is 0.455. The Morgan fingerprint density at radius 2 is 1.83 bits per heavy atom. The van der Waals surface area contributed by atoms with Gasteiger partial charge in [-0.2, -0.15) is 0 Å². The van der Waals surface area contributed by atoms with Gasteiger partial charge in [0.25, 0.3) is 0 Å². The first kappa shape index (κ1) is 14.1.